The molecule has 1 saturated heterocycles. The number of ether oxygens (including phenoxy) is 2. The predicted octanol–water partition coefficient (Wildman–Crippen LogP) is 6.20. The van der Waals surface area contributed by atoms with Crippen molar-refractivity contribution in [2.24, 2.45) is 0 Å². The Hall–Kier alpha value is -3.47. The number of thiazole rings is 1. The van der Waals surface area contributed by atoms with E-state index in [9.17, 15) is 0 Å². The standard InChI is InChI=1S/C26H24N4O2S/c1-16-13-30(14-17(2)32-16)19-10-8-18(9-11-19)22-12-28-24-20(25(22)31-4)6-5-7-21(24)26-29-23(27-3)15-33-26/h5-12,15-17H,13-14H2,1-2,4H3/t16-,17+. The number of benzene rings is 2. The van der Waals surface area contributed by atoms with E-state index in [2.05, 4.69) is 52.8 Å². The molecule has 0 aliphatic carbocycles. The van der Waals surface area contributed by atoms with Crippen molar-refractivity contribution in [2.45, 2.75) is 26.1 Å². The van der Waals surface area contributed by atoms with Crippen molar-refractivity contribution in [1.29, 1.82) is 0 Å². The van der Waals surface area contributed by atoms with E-state index in [-0.39, 0.29) is 12.2 Å². The number of nitrogens with zero attached hydrogens (tertiary/aromatic N) is 4. The van der Waals surface area contributed by atoms with Crippen LogP contribution in [0.15, 0.2) is 54.0 Å². The van der Waals surface area contributed by atoms with Crippen LogP contribution in [0.3, 0.4) is 0 Å². The minimum atomic E-state index is 0.219. The first kappa shape index (κ1) is 21.4. The summed E-state index contributed by atoms with van der Waals surface area (Å²) in [6.45, 7) is 13.2. The second-order valence-corrected chi connectivity index (χ2v) is 9.10. The number of hydrogen-bond donors (Lipinski definition) is 0. The SMILES string of the molecule is [C-]#[N+]c1csc(-c2cccc3c(OC)c(-c4ccc(N5C[C@@H](C)O[C@@H](C)C5)cc4)cnc23)n1. The molecule has 5 rings (SSSR count). The van der Waals surface area contributed by atoms with Crippen molar-refractivity contribution in [3.05, 3.63) is 65.5 Å². The van der Waals surface area contributed by atoms with Gasteiger partial charge in [0.1, 0.15) is 5.75 Å². The fraction of sp³-hybridized carbons (Fsp3) is 0.269. The number of methoxy groups -OCH3 is 1. The van der Waals surface area contributed by atoms with E-state index in [1.54, 1.807) is 12.5 Å². The van der Waals surface area contributed by atoms with Crippen LogP contribution in [-0.2, 0) is 4.74 Å². The fourth-order valence-corrected chi connectivity index (χ4v) is 5.24. The van der Waals surface area contributed by atoms with Crippen molar-refractivity contribution in [2.75, 3.05) is 25.1 Å². The number of para-hydroxylation sites is 1. The molecule has 1 aliphatic rings. The van der Waals surface area contributed by atoms with E-state index < -0.39 is 0 Å². The topological polar surface area (TPSA) is 51.8 Å². The van der Waals surface area contributed by atoms with Gasteiger partial charge in [-0.05, 0) is 43.7 Å². The monoisotopic (exact) mass is 456 g/mol. The highest BCUT2D eigenvalue weighted by atomic mass is 32.1. The number of morpholine rings is 1. The Morgan fingerprint density at radius 1 is 1.09 bits per heavy atom. The molecular weight excluding hydrogens is 432 g/mol. The van der Waals surface area contributed by atoms with Crippen LogP contribution in [0.25, 0.3) is 37.4 Å². The quantitative estimate of drug-likeness (QED) is 0.342. The summed E-state index contributed by atoms with van der Waals surface area (Å²) < 4.78 is 11.7. The Morgan fingerprint density at radius 2 is 1.85 bits per heavy atom. The van der Waals surface area contributed by atoms with Gasteiger partial charge in [-0.1, -0.05) is 24.8 Å². The van der Waals surface area contributed by atoms with Gasteiger partial charge in [-0.2, -0.15) is 0 Å². The van der Waals surface area contributed by atoms with E-state index >= 15 is 0 Å². The highest BCUT2D eigenvalue weighted by molar-refractivity contribution is 7.13. The number of rotatable bonds is 4. The molecule has 2 atom stereocenters. The lowest BCUT2D eigenvalue weighted by molar-refractivity contribution is -0.00521. The largest absolute Gasteiger partial charge is 0.495 e. The molecule has 1 aliphatic heterocycles. The van der Waals surface area contributed by atoms with Crippen LogP contribution in [0.2, 0.25) is 0 Å². The van der Waals surface area contributed by atoms with Gasteiger partial charge < -0.3 is 19.2 Å². The van der Waals surface area contributed by atoms with Crippen LogP contribution in [0, 0.1) is 6.57 Å². The van der Waals surface area contributed by atoms with Crippen LogP contribution in [0.1, 0.15) is 13.8 Å². The van der Waals surface area contributed by atoms with Crippen LogP contribution in [0.4, 0.5) is 11.5 Å². The third-order valence-electron chi connectivity index (χ3n) is 5.85. The summed E-state index contributed by atoms with van der Waals surface area (Å²) in [5, 5.41) is 3.48. The summed E-state index contributed by atoms with van der Waals surface area (Å²) in [6.07, 6.45) is 2.30. The molecule has 7 heteroatoms. The van der Waals surface area contributed by atoms with E-state index in [0.29, 0.717) is 5.82 Å². The lowest BCUT2D eigenvalue weighted by Crippen LogP contribution is -2.45. The Labute approximate surface area is 197 Å². The van der Waals surface area contributed by atoms with Gasteiger partial charge in [-0.25, -0.2) is 0 Å². The molecule has 1 fully saturated rings. The summed E-state index contributed by atoms with van der Waals surface area (Å²) in [6, 6.07) is 14.5. The van der Waals surface area contributed by atoms with E-state index in [1.807, 2.05) is 24.4 Å². The smallest absolute Gasteiger partial charge is 0.281 e. The first-order valence-corrected chi connectivity index (χ1v) is 11.7. The molecule has 166 valence electrons. The van der Waals surface area contributed by atoms with Gasteiger partial charge in [-0.3, -0.25) is 4.98 Å². The molecule has 3 heterocycles. The van der Waals surface area contributed by atoms with Gasteiger partial charge >= 0.3 is 0 Å². The minimum Gasteiger partial charge on any atom is -0.495 e. The maximum absolute atomic E-state index is 7.19. The summed E-state index contributed by atoms with van der Waals surface area (Å²) in [5.74, 6) is 1.19. The maximum atomic E-state index is 7.19. The number of pyridine rings is 1. The molecule has 0 saturated carbocycles. The number of hydrogen-bond acceptors (Lipinski definition) is 6. The van der Waals surface area contributed by atoms with Crippen LogP contribution in [-0.4, -0.2) is 42.4 Å². The van der Waals surface area contributed by atoms with Gasteiger partial charge in [-0.15, -0.1) is 16.3 Å². The average Bonchev–Trinajstić information content (AvgIpc) is 3.31. The van der Waals surface area contributed by atoms with Crippen molar-refractivity contribution < 1.29 is 9.47 Å². The zero-order chi connectivity index (χ0) is 22.9. The molecule has 0 N–H and O–H groups in total. The van der Waals surface area contributed by atoms with Gasteiger partial charge in [0, 0.05) is 41.3 Å². The van der Waals surface area contributed by atoms with Crippen molar-refractivity contribution in [3.63, 3.8) is 0 Å². The van der Waals surface area contributed by atoms with Gasteiger partial charge in [0.05, 0.1) is 30.4 Å². The molecule has 0 amide bonds. The molecule has 2 aromatic carbocycles. The van der Waals surface area contributed by atoms with Crippen molar-refractivity contribution in [3.8, 4) is 27.4 Å². The number of fused-ring (bicyclic) bond motifs is 1. The van der Waals surface area contributed by atoms with Crippen LogP contribution < -0.4 is 9.64 Å². The third kappa shape index (κ3) is 4.04. The number of aromatic nitrogens is 2. The Balaban J connectivity index is 1.53. The summed E-state index contributed by atoms with van der Waals surface area (Å²) >= 11 is 1.45. The van der Waals surface area contributed by atoms with Crippen molar-refractivity contribution >= 4 is 33.7 Å². The molecule has 0 bridgehead atoms. The molecule has 33 heavy (non-hydrogen) atoms. The molecule has 0 spiro atoms. The fourth-order valence-electron chi connectivity index (χ4n) is 4.48. The lowest BCUT2D eigenvalue weighted by atomic mass is 10.0. The normalized spacial score (nSPS) is 18.3. The molecular formula is C26H24N4O2S. The van der Waals surface area contributed by atoms with E-state index in [0.717, 1.165) is 51.4 Å². The minimum absolute atomic E-state index is 0.219. The highest BCUT2D eigenvalue weighted by Gasteiger charge is 2.23. The maximum Gasteiger partial charge on any atom is 0.281 e. The predicted molar refractivity (Wildman–Crippen MR) is 133 cm³/mol. The Morgan fingerprint density at radius 3 is 2.52 bits per heavy atom. The molecule has 6 nitrogen and oxygen atoms in total. The zero-order valence-corrected chi connectivity index (χ0v) is 19.6. The first-order chi connectivity index (χ1) is 16.1. The van der Waals surface area contributed by atoms with Gasteiger partial charge in [0.15, 0.2) is 0 Å². The van der Waals surface area contributed by atoms with E-state index in [4.69, 9.17) is 21.0 Å². The zero-order valence-electron chi connectivity index (χ0n) is 18.8. The first-order valence-electron chi connectivity index (χ1n) is 10.9. The summed E-state index contributed by atoms with van der Waals surface area (Å²) in [7, 11) is 1.69. The highest BCUT2D eigenvalue weighted by Crippen LogP contribution is 2.40. The van der Waals surface area contributed by atoms with Crippen LogP contribution >= 0.6 is 11.3 Å². The van der Waals surface area contributed by atoms with Gasteiger partial charge in [0.2, 0.25) is 5.01 Å². The number of anilines is 1. The average molecular weight is 457 g/mol. The van der Waals surface area contributed by atoms with Gasteiger partial charge in [0.25, 0.3) is 5.82 Å². The Bertz CT molecular complexity index is 1330. The second kappa shape index (κ2) is 8.81. The summed E-state index contributed by atoms with van der Waals surface area (Å²) in [5.41, 5.74) is 4.91. The second-order valence-electron chi connectivity index (χ2n) is 8.24. The van der Waals surface area contributed by atoms with Crippen LogP contribution in [0.5, 0.6) is 5.75 Å². The lowest BCUT2D eigenvalue weighted by Gasteiger charge is -2.36. The third-order valence-corrected chi connectivity index (χ3v) is 6.72. The molecule has 0 radical (unpaired) electrons. The molecule has 0 unspecified atom stereocenters. The summed E-state index contributed by atoms with van der Waals surface area (Å²) in [4.78, 5) is 15.0. The molecule has 4 aromatic rings. The Kier molecular flexibility index (Phi) is 5.71. The van der Waals surface area contributed by atoms with Crippen molar-refractivity contribution in [1.82, 2.24) is 9.97 Å². The van der Waals surface area contributed by atoms with E-state index in [1.165, 1.54) is 17.0 Å². The molecule has 2 aromatic heterocycles.